The lowest BCUT2D eigenvalue weighted by molar-refractivity contribution is 0.0493. The van der Waals surface area contributed by atoms with E-state index in [2.05, 4.69) is 20.7 Å². The van der Waals surface area contributed by atoms with Crippen LogP contribution in [-0.4, -0.2) is 63.5 Å². The molecule has 9 nitrogen and oxygen atoms in total. The number of aliphatic imine (C=N–C) groups is 1. The van der Waals surface area contributed by atoms with Gasteiger partial charge in [0.1, 0.15) is 17.8 Å². The van der Waals surface area contributed by atoms with Gasteiger partial charge in [-0.15, -0.1) is 0 Å². The Morgan fingerprint density at radius 1 is 1.41 bits per heavy atom. The second-order valence-corrected chi connectivity index (χ2v) is 7.85. The maximum Gasteiger partial charge on any atom is 0.407 e. The van der Waals surface area contributed by atoms with Gasteiger partial charge >= 0.3 is 6.09 Å². The van der Waals surface area contributed by atoms with E-state index < -0.39 is 11.7 Å². The summed E-state index contributed by atoms with van der Waals surface area (Å²) in [4.78, 5) is 23.0. The largest absolute Gasteiger partial charge is 0.444 e. The van der Waals surface area contributed by atoms with E-state index in [9.17, 15) is 4.79 Å². The molecule has 1 aromatic rings. The molecular weight excluding hydrogens is 346 g/mol. The van der Waals surface area contributed by atoms with Gasteiger partial charge in [-0.05, 0) is 33.6 Å². The minimum absolute atomic E-state index is 0.128. The smallest absolute Gasteiger partial charge is 0.407 e. The molecule has 0 bridgehead atoms. The fourth-order valence-corrected chi connectivity index (χ4v) is 2.29. The van der Waals surface area contributed by atoms with E-state index in [1.54, 1.807) is 4.68 Å². The number of aromatic nitrogens is 3. The molecule has 1 rings (SSSR count). The van der Waals surface area contributed by atoms with Crippen molar-refractivity contribution in [3.05, 3.63) is 12.2 Å². The molecule has 154 valence electrons. The van der Waals surface area contributed by atoms with Crippen molar-refractivity contribution >= 4 is 12.1 Å². The Balaban J connectivity index is 2.79. The Morgan fingerprint density at radius 2 is 2.07 bits per heavy atom. The molecule has 1 aromatic heterocycles. The Kier molecular flexibility index (Phi) is 8.52. The Hall–Kier alpha value is -2.32. The number of alkyl carbamates (subject to hydrolysis) is 1. The number of aryl methyl sites for hydroxylation is 1. The summed E-state index contributed by atoms with van der Waals surface area (Å²) in [5.41, 5.74) is -0.528. The van der Waals surface area contributed by atoms with Crippen LogP contribution in [-0.2, 0) is 18.3 Å². The van der Waals surface area contributed by atoms with Crippen molar-refractivity contribution in [2.45, 2.75) is 59.7 Å². The van der Waals surface area contributed by atoms with Crippen molar-refractivity contribution in [2.24, 2.45) is 18.0 Å². The Labute approximate surface area is 162 Å². The van der Waals surface area contributed by atoms with E-state index in [0.29, 0.717) is 13.1 Å². The van der Waals surface area contributed by atoms with E-state index in [1.165, 1.54) is 6.33 Å². The predicted octanol–water partition coefficient (Wildman–Crippen LogP) is 1.76. The molecule has 0 aliphatic rings. The van der Waals surface area contributed by atoms with Crippen molar-refractivity contribution in [3.8, 4) is 0 Å². The van der Waals surface area contributed by atoms with Crippen molar-refractivity contribution in [2.75, 3.05) is 20.1 Å². The summed E-state index contributed by atoms with van der Waals surface area (Å²) < 4.78 is 7.10. The Morgan fingerprint density at radius 3 is 2.56 bits per heavy atom. The average molecular weight is 382 g/mol. The van der Waals surface area contributed by atoms with Gasteiger partial charge in [-0.3, -0.25) is 9.67 Å². The summed E-state index contributed by atoms with van der Waals surface area (Å²) >= 11 is 0. The van der Waals surface area contributed by atoms with Gasteiger partial charge in [-0.25, -0.2) is 9.78 Å². The molecule has 0 fully saturated rings. The summed E-state index contributed by atoms with van der Waals surface area (Å²) in [6.07, 6.45) is 1.11. The molecular formula is C18H35N7O2. The van der Waals surface area contributed by atoms with E-state index in [-0.39, 0.29) is 12.0 Å². The minimum atomic E-state index is -0.528. The van der Waals surface area contributed by atoms with Gasteiger partial charge in [0.05, 0.1) is 19.1 Å². The van der Waals surface area contributed by atoms with Crippen LogP contribution in [0.15, 0.2) is 11.3 Å². The number of carbonyl (C=O) groups is 1. The Bertz CT molecular complexity index is 619. The first-order valence-electron chi connectivity index (χ1n) is 9.35. The lowest BCUT2D eigenvalue weighted by atomic mass is 10.1. The number of ether oxygens (including phenoxy) is 1. The zero-order chi connectivity index (χ0) is 20.6. The van der Waals surface area contributed by atoms with Crippen LogP contribution in [0.2, 0.25) is 0 Å². The highest BCUT2D eigenvalue weighted by molar-refractivity contribution is 5.79. The monoisotopic (exact) mass is 381 g/mol. The van der Waals surface area contributed by atoms with Gasteiger partial charge < -0.3 is 20.3 Å². The molecule has 0 spiro atoms. The van der Waals surface area contributed by atoms with Crippen molar-refractivity contribution in [1.29, 1.82) is 0 Å². The van der Waals surface area contributed by atoms with Gasteiger partial charge in [-0.2, -0.15) is 5.10 Å². The number of hydrogen-bond donors (Lipinski definition) is 2. The number of nitrogens with zero attached hydrogens (tertiary/aromatic N) is 5. The van der Waals surface area contributed by atoms with Crippen LogP contribution in [0.3, 0.4) is 0 Å². The third kappa shape index (κ3) is 8.27. The van der Waals surface area contributed by atoms with Gasteiger partial charge in [0.15, 0.2) is 5.96 Å². The topological polar surface area (TPSA) is 96.7 Å². The maximum absolute atomic E-state index is 12.1. The summed E-state index contributed by atoms with van der Waals surface area (Å²) in [6.45, 7) is 13.4. The van der Waals surface area contributed by atoms with Crippen LogP contribution in [0.1, 0.15) is 47.4 Å². The van der Waals surface area contributed by atoms with Crippen molar-refractivity contribution in [3.63, 3.8) is 0 Å². The summed E-state index contributed by atoms with van der Waals surface area (Å²) in [7, 11) is 3.81. The van der Waals surface area contributed by atoms with Crippen LogP contribution >= 0.6 is 0 Å². The predicted molar refractivity (Wildman–Crippen MR) is 106 cm³/mol. The average Bonchev–Trinajstić information content (AvgIpc) is 2.92. The van der Waals surface area contributed by atoms with E-state index in [4.69, 9.17) is 9.73 Å². The molecule has 2 N–H and O–H groups in total. The zero-order valence-electron chi connectivity index (χ0n) is 17.9. The quantitative estimate of drug-likeness (QED) is 0.552. The lowest BCUT2D eigenvalue weighted by Crippen LogP contribution is -2.45. The molecule has 1 unspecified atom stereocenters. The van der Waals surface area contributed by atoms with Crippen LogP contribution in [0.25, 0.3) is 0 Å². The highest BCUT2D eigenvalue weighted by atomic mass is 16.6. The summed E-state index contributed by atoms with van der Waals surface area (Å²) in [5.74, 6) is 1.81. The second-order valence-electron chi connectivity index (χ2n) is 7.85. The van der Waals surface area contributed by atoms with Crippen LogP contribution in [0, 0.1) is 5.92 Å². The number of guanidine groups is 1. The normalized spacial score (nSPS) is 13.4. The zero-order valence-corrected chi connectivity index (χ0v) is 17.9. The summed E-state index contributed by atoms with van der Waals surface area (Å²) in [5, 5.41) is 10.3. The van der Waals surface area contributed by atoms with Gasteiger partial charge in [0.2, 0.25) is 0 Å². The molecule has 1 heterocycles. The molecule has 0 aromatic carbocycles. The van der Waals surface area contributed by atoms with Crippen LogP contribution in [0.5, 0.6) is 0 Å². The summed E-state index contributed by atoms with van der Waals surface area (Å²) in [6, 6.07) is -0.128. The molecule has 0 radical (unpaired) electrons. The third-order valence-electron chi connectivity index (χ3n) is 3.82. The van der Waals surface area contributed by atoms with Crippen molar-refractivity contribution in [1.82, 2.24) is 30.3 Å². The van der Waals surface area contributed by atoms with E-state index in [0.717, 1.165) is 18.3 Å². The van der Waals surface area contributed by atoms with Crippen molar-refractivity contribution < 1.29 is 9.53 Å². The number of carbonyl (C=O) groups excluding carboxylic acids is 1. The molecule has 1 atom stereocenters. The minimum Gasteiger partial charge on any atom is -0.444 e. The molecule has 0 aliphatic heterocycles. The lowest BCUT2D eigenvalue weighted by Gasteiger charge is -2.26. The molecule has 27 heavy (non-hydrogen) atoms. The van der Waals surface area contributed by atoms with Gasteiger partial charge in [-0.1, -0.05) is 13.8 Å². The standard InChI is InChI=1S/C18H35N7O2/c1-9-19-16(24(7)11-15-21-12-22-25(15)8)20-10-14(13(2)3)23-17(26)27-18(4,5)6/h12-14H,9-11H2,1-8H3,(H,19,20)(H,23,26). The highest BCUT2D eigenvalue weighted by Crippen LogP contribution is 2.09. The first kappa shape index (κ1) is 22.7. The number of nitrogens with one attached hydrogen (secondary N) is 2. The number of rotatable bonds is 7. The number of hydrogen-bond acceptors (Lipinski definition) is 5. The second kappa shape index (κ2) is 10.1. The first-order chi connectivity index (χ1) is 12.5. The molecule has 9 heteroatoms. The van der Waals surface area contributed by atoms with E-state index >= 15 is 0 Å². The fraction of sp³-hybridized carbons (Fsp3) is 0.778. The molecule has 0 aliphatic carbocycles. The highest BCUT2D eigenvalue weighted by Gasteiger charge is 2.21. The SMILES string of the molecule is CCNC(=NCC(NC(=O)OC(C)(C)C)C(C)C)N(C)Cc1ncnn1C. The molecule has 0 saturated heterocycles. The van der Waals surface area contributed by atoms with Crippen LogP contribution < -0.4 is 10.6 Å². The number of amides is 1. The van der Waals surface area contributed by atoms with Gasteiger partial charge in [0.25, 0.3) is 0 Å². The fourth-order valence-electron chi connectivity index (χ4n) is 2.29. The van der Waals surface area contributed by atoms with Gasteiger partial charge in [0, 0.05) is 20.6 Å². The third-order valence-corrected chi connectivity index (χ3v) is 3.82. The maximum atomic E-state index is 12.1. The molecule has 0 saturated carbocycles. The van der Waals surface area contributed by atoms with E-state index in [1.807, 2.05) is 60.5 Å². The molecule has 1 amide bonds. The first-order valence-corrected chi connectivity index (χ1v) is 9.35. The van der Waals surface area contributed by atoms with Crippen LogP contribution in [0.4, 0.5) is 4.79 Å².